The number of piperidine rings is 1. The molecule has 1 aromatic rings. The number of nitrogens with zero attached hydrogens (tertiary/aromatic N) is 1. The van der Waals surface area contributed by atoms with Crippen LogP contribution >= 0.6 is 11.6 Å². The third-order valence-corrected chi connectivity index (χ3v) is 3.54. The topological polar surface area (TPSA) is 15.3 Å². The van der Waals surface area contributed by atoms with Crippen molar-refractivity contribution < 1.29 is 0 Å². The Hall–Kier alpha value is -0.730. The maximum Gasteiger partial charge on any atom is 0.0412 e. The summed E-state index contributed by atoms with van der Waals surface area (Å²) in [6, 6.07) is 6.26. The quantitative estimate of drug-likeness (QED) is 0.883. The average molecular weight is 253 g/mol. The number of hydrogen-bond acceptors (Lipinski definition) is 2. The molecule has 2 rings (SSSR count). The van der Waals surface area contributed by atoms with Crippen molar-refractivity contribution in [2.45, 2.75) is 32.7 Å². The number of halogens is 1. The van der Waals surface area contributed by atoms with Gasteiger partial charge in [-0.15, -0.1) is 0 Å². The Morgan fingerprint density at radius 1 is 1.24 bits per heavy atom. The van der Waals surface area contributed by atoms with Crippen LogP contribution in [0.2, 0.25) is 5.02 Å². The van der Waals surface area contributed by atoms with Gasteiger partial charge in [0.25, 0.3) is 0 Å². The van der Waals surface area contributed by atoms with Crippen LogP contribution in [0, 0.1) is 0 Å². The summed E-state index contributed by atoms with van der Waals surface area (Å²) in [7, 11) is 0. The van der Waals surface area contributed by atoms with Gasteiger partial charge < -0.3 is 10.2 Å². The van der Waals surface area contributed by atoms with Crippen molar-refractivity contribution in [3.8, 4) is 0 Å². The van der Waals surface area contributed by atoms with Crippen LogP contribution in [-0.2, 0) is 6.54 Å². The zero-order chi connectivity index (χ0) is 12.1. The minimum Gasteiger partial charge on any atom is -0.371 e. The van der Waals surface area contributed by atoms with Gasteiger partial charge in [-0.1, -0.05) is 18.5 Å². The Morgan fingerprint density at radius 2 is 2.00 bits per heavy atom. The Morgan fingerprint density at radius 3 is 2.71 bits per heavy atom. The molecule has 1 fully saturated rings. The van der Waals surface area contributed by atoms with E-state index in [-0.39, 0.29) is 0 Å². The molecule has 0 amide bonds. The van der Waals surface area contributed by atoms with Crippen molar-refractivity contribution >= 4 is 17.3 Å². The number of anilines is 1. The van der Waals surface area contributed by atoms with Crippen LogP contribution in [0.15, 0.2) is 18.2 Å². The summed E-state index contributed by atoms with van der Waals surface area (Å²) in [5.74, 6) is 0. The molecule has 1 aliphatic heterocycles. The van der Waals surface area contributed by atoms with E-state index in [0.717, 1.165) is 18.1 Å². The highest BCUT2D eigenvalue weighted by Gasteiger charge is 2.14. The molecule has 1 aromatic carbocycles. The van der Waals surface area contributed by atoms with E-state index in [1.54, 1.807) is 0 Å². The normalized spacial score (nSPS) is 16.2. The van der Waals surface area contributed by atoms with Gasteiger partial charge in [-0.3, -0.25) is 0 Å². The maximum atomic E-state index is 6.09. The lowest BCUT2D eigenvalue weighted by molar-refractivity contribution is 0.575. The minimum absolute atomic E-state index is 0.832. The van der Waals surface area contributed by atoms with Crippen LogP contribution in [0.3, 0.4) is 0 Å². The van der Waals surface area contributed by atoms with Crippen LogP contribution in [-0.4, -0.2) is 19.6 Å². The molecule has 0 unspecified atom stereocenters. The van der Waals surface area contributed by atoms with Gasteiger partial charge in [-0.05, 0) is 49.6 Å². The molecule has 2 nitrogen and oxygen atoms in total. The Balaban J connectivity index is 2.18. The standard InChI is InChI=1S/C14H21ClN2/c1-2-16-11-12-10-13(15)6-7-14(12)17-8-4-3-5-9-17/h6-7,10,16H,2-5,8-9,11H2,1H3. The van der Waals surface area contributed by atoms with Crippen LogP contribution in [0.4, 0.5) is 5.69 Å². The molecule has 3 heteroatoms. The fourth-order valence-corrected chi connectivity index (χ4v) is 2.59. The molecule has 1 aliphatic rings. The summed E-state index contributed by atoms with van der Waals surface area (Å²) in [6.45, 7) is 6.39. The Labute approximate surface area is 109 Å². The van der Waals surface area contributed by atoms with Gasteiger partial charge in [0.15, 0.2) is 0 Å². The molecule has 1 heterocycles. The average Bonchev–Trinajstić information content (AvgIpc) is 2.37. The molecular formula is C14H21ClN2. The second kappa shape index (κ2) is 6.27. The van der Waals surface area contributed by atoms with Gasteiger partial charge in [0, 0.05) is 30.3 Å². The molecule has 0 aliphatic carbocycles. The summed E-state index contributed by atoms with van der Waals surface area (Å²) in [6.07, 6.45) is 3.99. The number of hydrogen-bond donors (Lipinski definition) is 1. The highest BCUT2D eigenvalue weighted by molar-refractivity contribution is 6.30. The second-order valence-electron chi connectivity index (χ2n) is 4.60. The molecule has 0 saturated carbocycles. The third kappa shape index (κ3) is 3.36. The SMILES string of the molecule is CCNCc1cc(Cl)ccc1N1CCCCC1. The van der Waals surface area contributed by atoms with E-state index in [1.165, 1.54) is 43.6 Å². The summed E-state index contributed by atoms with van der Waals surface area (Å²) >= 11 is 6.09. The first kappa shape index (κ1) is 12.7. The van der Waals surface area contributed by atoms with Crippen LogP contribution in [0.1, 0.15) is 31.7 Å². The number of benzene rings is 1. The first-order chi connectivity index (χ1) is 8.31. The van der Waals surface area contributed by atoms with Gasteiger partial charge in [-0.25, -0.2) is 0 Å². The molecular weight excluding hydrogens is 232 g/mol. The van der Waals surface area contributed by atoms with Crippen molar-refractivity contribution in [3.63, 3.8) is 0 Å². The predicted molar refractivity (Wildman–Crippen MR) is 74.9 cm³/mol. The molecule has 0 bridgehead atoms. The van der Waals surface area contributed by atoms with Crippen molar-refractivity contribution in [3.05, 3.63) is 28.8 Å². The van der Waals surface area contributed by atoms with E-state index < -0.39 is 0 Å². The fourth-order valence-electron chi connectivity index (χ4n) is 2.40. The zero-order valence-electron chi connectivity index (χ0n) is 10.5. The fraction of sp³-hybridized carbons (Fsp3) is 0.571. The van der Waals surface area contributed by atoms with E-state index in [4.69, 9.17) is 11.6 Å². The van der Waals surface area contributed by atoms with E-state index in [2.05, 4.69) is 29.3 Å². The molecule has 17 heavy (non-hydrogen) atoms. The molecule has 1 N–H and O–H groups in total. The van der Waals surface area contributed by atoms with Crippen LogP contribution in [0.5, 0.6) is 0 Å². The number of rotatable bonds is 4. The van der Waals surface area contributed by atoms with Crippen molar-refractivity contribution in [1.82, 2.24) is 5.32 Å². The molecule has 0 aromatic heterocycles. The summed E-state index contributed by atoms with van der Waals surface area (Å²) in [5.41, 5.74) is 2.68. The largest absolute Gasteiger partial charge is 0.371 e. The predicted octanol–water partition coefficient (Wildman–Crippen LogP) is 3.44. The summed E-state index contributed by atoms with van der Waals surface area (Å²) in [4.78, 5) is 2.49. The van der Waals surface area contributed by atoms with Gasteiger partial charge in [-0.2, -0.15) is 0 Å². The lowest BCUT2D eigenvalue weighted by Gasteiger charge is -2.30. The molecule has 0 atom stereocenters. The summed E-state index contributed by atoms with van der Waals surface area (Å²) in [5, 5.41) is 4.22. The summed E-state index contributed by atoms with van der Waals surface area (Å²) < 4.78 is 0. The van der Waals surface area contributed by atoms with Gasteiger partial charge in [0.05, 0.1) is 0 Å². The van der Waals surface area contributed by atoms with Crippen molar-refractivity contribution in [1.29, 1.82) is 0 Å². The first-order valence-corrected chi connectivity index (χ1v) is 6.93. The monoisotopic (exact) mass is 252 g/mol. The molecule has 0 spiro atoms. The molecule has 0 radical (unpaired) electrons. The molecule has 94 valence electrons. The van der Waals surface area contributed by atoms with Gasteiger partial charge in [0.1, 0.15) is 0 Å². The van der Waals surface area contributed by atoms with Crippen molar-refractivity contribution in [2.75, 3.05) is 24.5 Å². The lowest BCUT2D eigenvalue weighted by Crippen LogP contribution is -2.30. The second-order valence-corrected chi connectivity index (χ2v) is 5.04. The van der Waals surface area contributed by atoms with Crippen molar-refractivity contribution in [2.24, 2.45) is 0 Å². The number of nitrogens with one attached hydrogen (secondary N) is 1. The highest BCUT2D eigenvalue weighted by atomic mass is 35.5. The Bertz CT molecular complexity index is 359. The highest BCUT2D eigenvalue weighted by Crippen LogP contribution is 2.26. The van der Waals surface area contributed by atoms with Gasteiger partial charge >= 0.3 is 0 Å². The smallest absolute Gasteiger partial charge is 0.0412 e. The van der Waals surface area contributed by atoms with E-state index >= 15 is 0 Å². The lowest BCUT2D eigenvalue weighted by atomic mass is 10.1. The molecule has 1 saturated heterocycles. The van der Waals surface area contributed by atoms with Crippen LogP contribution < -0.4 is 10.2 Å². The van der Waals surface area contributed by atoms with E-state index in [9.17, 15) is 0 Å². The maximum absolute atomic E-state index is 6.09. The zero-order valence-corrected chi connectivity index (χ0v) is 11.3. The van der Waals surface area contributed by atoms with Crippen LogP contribution in [0.25, 0.3) is 0 Å². The first-order valence-electron chi connectivity index (χ1n) is 6.55. The third-order valence-electron chi connectivity index (χ3n) is 3.30. The Kier molecular flexibility index (Phi) is 4.69. The van der Waals surface area contributed by atoms with Gasteiger partial charge in [0.2, 0.25) is 0 Å². The van der Waals surface area contributed by atoms with E-state index in [1.807, 2.05) is 6.07 Å². The van der Waals surface area contributed by atoms with E-state index in [0.29, 0.717) is 0 Å². The minimum atomic E-state index is 0.832.